The minimum atomic E-state index is -0.163. The molecule has 0 saturated heterocycles. The molecule has 0 aliphatic rings. The van der Waals surface area contributed by atoms with Crippen molar-refractivity contribution in [2.75, 3.05) is 31.6 Å². The Labute approximate surface area is 155 Å². The molecule has 1 heterocycles. The average molecular weight is 356 g/mol. The maximum atomic E-state index is 12.3. The van der Waals surface area contributed by atoms with Crippen LogP contribution in [0.15, 0.2) is 36.7 Å². The van der Waals surface area contributed by atoms with Crippen LogP contribution in [0.5, 0.6) is 5.75 Å². The van der Waals surface area contributed by atoms with E-state index < -0.39 is 0 Å². The van der Waals surface area contributed by atoms with Crippen LogP contribution in [0.2, 0.25) is 0 Å². The SMILES string of the molecule is CCCN(CCC)c1ncc(C(=O)NCCc2ccccc2OC)cn1. The predicted octanol–water partition coefficient (Wildman–Crippen LogP) is 3.08. The maximum Gasteiger partial charge on any atom is 0.254 e. The van der Waals surface area contributed by atoms with Gasteiger partial charge in [0.25, 0.3) is 5.91 Å². The number of nitrogens with zero attached hydrogens (tertiary/aromatic N) is 3. The van der Waals surface area contributed by atoms with Gasteiger partial charge in [0.2, 0.25) is 5.95 Å². The highest BCUT2D eigenvalue weighted by atomic mass is 16.5. The Kier molecular flexibility index (Phi) is 7.86. The summed E-state index contributed by atoms with van der Waals surface area (Å²) in [5.41, 5.74) is 1.54. The third kappa shape index (κ3) is 5.44. The number of aromatic nitrogens is 2. The molecule has 0 unspecified atom stereocenters. The van der Waals surface area contributed by atoms with E-state index in [4.69, 9.17) is 4.74 Å². The third-order valence-corrected chi connectivity index (χ3v) is 4.04. The monoisotopic (exact) mass is 356 g/mol. The molecule has 1 aromatic carbocycles. The van der Waals surface area contributed by atoms with Crippen LogP contribution in [-0.2, 0) is 6.42 Å². The van der Waals surface area contributed by atoms with Crippen molar-refractivity contribution in [3.8, 4) is 5.75 Å². The summed E-state index contributed by atoms with van der Waals surface area (Å²) >= 11 is 0. The van der Waals surface area contributed by atoms with E-state index in [0.717, 1.165) is 37.2 Å². The molecule has 6 heteroatoms. The molecule has 0 bridgehead atoms. The third-order valence-electron chi connectivity index (χ3n) is 4.04. The molecular weight excluding hydrogens is 328 g/mol. The van der Waals surface area contributed by atoms with Gasteiger partial charge in [-0.25, -0.2) is 9.97 Å². The number of hydrogen-bond donors (Lipinski definition) is 1. The summed E-state index contributed by atoms with van der Waals surface area (Å²) in [4.78, 5) is 23.2. The van der Waals surface area contributed by atoms with E-state index in [-0.39, 0.29) is 5.91 Å². The van der Waals surface area contributed by atoms with Gasteiger partial charge < -0.3 is 15.0 Å². The molecular formula is C20H28N4O2. The van der Waals surface area contributed by atoms with E-state index in [9.17, 15) is 4.79 Å². The first kappa shape index (κ1) is 19.7. The standard InChI is InChI=1S/C20H28N4O2/c1-4-12-24(13-5-2)20-22-14-17(15-23-20)19(25)21-11-10-16-8-6-7-9-18(16)26-3/h6-9,14-15H,4-5,10-13H2,1-3H3,(H,21,25). The van der Waals surface area contributed by atoms with Crippen molar-refractivity contribution >= 4 is 11.9 Å². The van der Waals surface area contributed by atoms with E-state index in [1.807, 2.05) is 24.3 Å². The first-order valence-electron chi connectivity index (χ1n) is 9.16. The highest BCUT2D eigenvalue weighted by Gasteiger charge is 2.11. The van der Waals surface area contributed by atoms with E-state index in [1.165, 1.54) is 0 Å². The number of hydrogen-bond acceptors (Lipinski definition) is 5. The first-order valence-corrected chi connectivity index (χ1v) is 9.16. The van der Waals surface area contributed by atoms with Gasteiger partial charge in [-0.2, -0.15) is 0 Å². The van der Waals surface area contributed by atoms with Crippen molar-refractivity contribution in [2.45, 2.75) is 33.1 Å². The topological polar surface area (TPSA) is 67.4 Å². The maximum absolute atomic E-state index is 12.3. The highest BCUT2D eigenvalue weighted by molar-refractivity contribution is 5.93. The van der Waals surface area contributed by atoms with Crippen molar-refractivity contribution in [1.82, 2.24) is 15.3 Å². The number of carbonyl (C=O) groups is 1. The highest BCUT2D eigenvalue weighted by Crippen LogP contribution is 2.17. The minimum absolute atomic E-state index is 0.163. The molecule has 0 aliphatic heterocycles. The van der Waals surface area contributed by atoms with Crippen LogP contribution < -0.4 is 15.0 Å². The fourth-order valence-corrected chi connectivity index (χ4v) is 2.78. The van der Waals surface area contributed by atoms with Crippen molar-refractivity contribution in [3.05, 3.63) is 47.8 Å². The van der Waals surface area contributed by atoms with Gasteiger partial charge in [-0.15, -0.1) is 0 Å². The fraction of sp³-hybridized carbons (Fsp3) is 0.450. The summed E-state index contributed by atoms with van der Waals surface area (Å²) in [6, 6.07) is 7.81. The molecule has 0 radical (unpaired) electrons. The van der Waals surface area contributed by atoms with Gasteiger partial charge in [-0.3, -0.25) is 4.79 Å². The number of amides is 1. The summed E-state index contributed by atoms with van der Waals surface area (Å²) in [6.45, 7) is 6.62. The Morgan fingerprint density at radius 2 is 1.77 bits per heavy atom. The molecule has 6 nitrogen and oxygen atoms in total. The molecule has 0 spiro atoms. The number of para-hydroxylation sites is 1. The second-order valence-electron chi connectivity index (χ2n) is 6.08. The van der Waals surface area contributed by atoms with Gasteiger partial charge >= 0.3 is 0 Å². The molecule has 0 aliphatic carbocycles. The molecule has 0 saturated carbocycles. The summed E-state index contributed by atoms with van der Waals surface area (Å²) in [6.07, 6.45) is 5.97. The number of ether oxygens (including phenoxy) is 1. The number of nitrogens with one attached hydrogen (secondary N) is 1. The van der Waals surface area contributed by atoms with Gasteiger partial charge in [0.15, 0.2) is 0 Å². The number of benzene rings is 1. The minimum Gasteiger partial charge on any atom is -0.496 e. The van der Waals surface area contributed by atoms with E-state index >= 15 is 0 Å². The normalized spacial score (nSPS) is 10.4. The van der Waals surface area contributed by atoms with Gasteiger partial charge in [0.05, 0.1) is 12.7 Å². The van der Waals surface area contributed by atoms with Crippen LogP contribution in [0.4, 0.5) is 5.95 Å². The van der Waals surface area contributed by atoms with Crippen LogP contribution in [0.1, 0.15) is 42.6 Å². The van der Waals surface area contributed by atoms with Crippen LogP contribution in [0.25, 0.3) is 0 Å². The zero-order valence-corrected chi connectivity index (χ0v) is 15.9. The van der Waals surface area contributed by atoms with Crippen molar-refractivity contribution in [2.24, 2.45) is 0 Å². The van der Waals surface area contributed by atoms with Crippen LogP contribution in [0.3, 0.4) is 0 Å². The van der Waals surface area contributed by atoms with Crippen LogP contribution >= 0.6 is 0 Å². The Balaban J connectivity index is 1.91. The Bertz CT molecular complexity index is 682. The lowest BCUT2D eigenvalue weighted by molar-refractivity contribution is 0.0953. The number of methoxy groups -OCH3 is 1. The Hall–Kier alpha value is -2.63. The lowest BCUT2D eigenvalue weighted by atomic mass is 10.1. The molecule has 26 heavy (non-hydrogen) atoms. The van der Waals surface area contributed by atoms with E-state index in [2.05, 4.69) is 34.0 Å². The molecule has 140 valence electrons. The zero-order chi connectivity index (χ0) is 18.8. The van der Waals surface area contributed by atoms with Crippen molar-refractivity contribution in [1.29, 1.82) is 0 Å². The van der Waals surface area contributed by atoms with Crippen LogP contribution in [0, 0.1) is 0 Å². The van der Waals surface area contributed by atoms with Gasteiger partial charge in [0.1, 0.15) is 5.75 Å². The fourth-order valence-electron chi connectivity index (χ4n) is 2.78. The first-order chi connectivity index (χ1) is 12.7. The number of rotatable bonds is 10. The van der Waals surface area contributed by atoms with E-state index in [0.29, 0.717) is 24.5 Å². The second kappa shape index (κ2) is 10.4. The van der Waals surface area contributed by atoms with Crippen molar-refractivity contribution in [3.63, 3.8) is 0 Å². The molecule has 0 atom stereocenters. The van der Waals surface area contributed by atoms with Gasteiger partial charge in [-0.05, 0) is 30.9 Å². The summed E-state index contributed by atoms with van der Waals surface area (Å²) < 4.78 is 5.33. The zero-order valence-electron chi connectivity index (χ0n) is 15.9. The quantitative estimate of drug-likeness (QED) is 0.708. The second-order valence-corrected chi connectivity index (χ2v) is 6.08. The Morgan fingerprint density at radius 3 is 2.38 bits per heavy atom. The molecule has 1 N–H and O–H groups in total. The van der Waals surface area contributed by atoms with E-state index in [1.54, 1.807) is 19.5 Å². The summed E-state index contributed by atoms with van der Waals surface area (Å²) in [5, 5.41) is 2.91. The molecule has 0 fully saturated rings. The number of anilines is 1. The molecule has 1 aromatic heterocycles. The smallest absolute Gasteiger partial charge is 0.254 e. The molecule has 2 rings (SSSR count). The molecule has 2 aromatic rings. The summed E-state index contributed by atoms with van der Waals surface area (Å²) in [5.74, 6) is 1.35. The van der Waals surface area contributed by atoms with Crippen molar-refractivity contribution < 1.29 is 9.53 Å². The predicted molar refractivity (Wildman–Crippen MR) is 104 cm³/mol. The van der Waals surface area contributed by atoms with Gasteiger partial charge in [0, 0.05) is 32.0 Å². The lowest BCUT2D eigenvalue weighted by Crippen LogP contribution is -2.28. The van der Waals surface area contributed by atoms with Gasteiger partial charge in [-0.1, -0.05) is 32.0 Å². The number of carbonyl (C=O) groups excluding carboxylic acids is 1. The average Bonchev–Trinajstić information content (AvgIpc) is 2.68. The summed E-state index contributed by atoms with van der Waals surface area (Å²) in [7, 11) is 1.65. The van der Waals surface area contributed by atoms with Crippen LogP contribution in [-0.4, -0.2) is 42.6 Å². The largest absolute Gasteiger partial charge is 0.496 e. The lowest BCUT2D eigenvalue weighted by Gasteiger charge is -2.21. The Morgan fingerprint density at radius 1 is 1.12 bits per heavy atom. The molecule has 1 amide bonds.